The fraction of sp³-hybridized carbons (Fsp3) is 0.500. The van der Waals surface area contributed by atoms with E-state index in [1.165, 1.54) is 17.7 Å². The second kappa shape index (κ2) is 12.3. The molecule has 2 unspecified atom stereocenters. The maximum Gasteiger partial charge on any atom is 0.269 e. The summed E-state index contributed by atoms with van der Waals surface area (Å²) in [5, 5.41) is 23.5. The molecule has 0 bridgehead atoms. The summed E-state index contributed by atoms with van der Waals surface area (Å²) in [6.07, 6.45) is 4.30. The minimum absolute atomic E-state index is 0.0738. The van der Waals surface area contributed by atoms with Crippen molar-refractivity contribution in [2.45, 2.75) is 51.5 Å². The molecule has 0 amide bonds. The van der Waals surface area contributed by atoms with Gasteiger partial charge in [-0.25, -0.2) is 0 Å². The molecular formula is C26H34N4O3. The van der Waals surface area contributed by atoms with Crippen LogP contribution in [0.1, 0.15) is 55.2 Å². The zero-order chi connectivity index (χ0) is 23.6. The van der Waals surface area contributed by atoms with E-state index >= 15 is 0 Å². The van der Waals surface area contributed by atoms with Gasteiger partial charge in [-0.2, -0.15) is 5.26 Å². The number of non-ortho nitro benzene ring substituents is 1. The van der Waals surface area contributed by atoms with Gasteiger partial charge in [0.05, 0.1) is 16.6 Å². The van der Waals surface area contributed by atoms with Gasteiger partial charge in [0.2, 0.25) is 0 Å². The molecule has 2 aromatic carbocycles. The van der Waals surface area contributed by atoms with Crippen molar-refractivity contribution in [2.75, 3.05) is 32.8 Å². The summed E-state index contributed by atoms with van der Waals surface area (Å²) in [5.74, 6) is 1.15. The first-order valence-corrected chi connectivity index (χ1v) is 11.8. The Hall–Kier alpha value is -2.95. The zero-order valence-electron chi connectivity index (χ0n) is 19.6. The normalized spacial score (nSPS) is 16.0. The first kappa shape index (κ1) is 24.7. The molecule has 1 aliphatic rings. The van der Waals surface area contributed by atoms with E-state index in [1.807, 2.05) is 13.0 Å². The van der Waals surface area contributed by atoms with E-state index in [0.29, 0.717) is 24.3 Å². The van der Waals surface area contributed by atoms with Gasteiger partial charge in [-0.1, -0.05) is 25.5 Å². The van der Waals surface area contributed by atoms with Gasteiger partial charge < -0.3 is 10.1 Å². The van der Waals surface area contributed by atoms with Crippen molar-refractivity contribution in [1.29, 1.82) is 5.26 Å². The van der Waals surface area contributed by atoms with Gasteiger partial charge in [0, 0.05) is 44.4 Å². The third-order valence-corrected chi connectivity index (χ3v) is 6.58. The maximum absolute atomic E-state index is 10.9. The van der Waals surface area contributed by atoms with Gasteiger partial charge in [-0.05, 0) is 61.4 Å². The first-order chi connectivity index (χ1) is 16.0. The van der Waals surface area contributed by atoms with Crippen LogP contribution in [0.15, 0.2) is 42.5 Å². The van der Waals surface area contributed by atoms with Crippen LogP contribution in [0, 0.1) is 28.4 Å². The third kappa shape index (κ3) is 7.01. The highest BCUT2D eigenvalue weighted by molar-refractivity contribution is 5.40. The van der Waals surface area contributed by atoms with Gasteiger partial charge in [-0.15, -0.1) is 0 Å². The Morgan fingerprint density at radius 1 is 1.18 bits per heavy atom. The summed E-state index contributed by atoms with van der Waals surface area (Å²) >= 11 is 0. The lowest BCUT2D eigenvalue weighted by molar-refractivity contribution is -0.384. The van der Waals surface area contributed by atoms with Crippen molar-refractivity contribution in [1.82, 2.24) is 10.2 Å². The van der Waals surface area contributed by atoms with Crippen molar-refractivity contribution >= 4 is 5.69 Å². The topological polar surface area (TPSA) is 91.4 Å². The lowest BCUT2D eigenvalue weighted by Crippen LogP contribution is -2.50. The molecule has 3 rings (SSSR count). The Morgan fingerprint density at radius 3 is 2.52 bits per heavy atom. The smallest absolute Gasteiger partial charge is 0.269 e. The number of aryl methyl sites for hydroxylation is 1. The summed E-state index contributed by atoms with van der Waals surface area (Å²) in [4.78, 5) is 13.0. The van der Waals surface area contributed by atoms with E-state index in [1.54, 1.807) is 12.1 Å². The molecule has 0 saturated carbocycles. The second-order valence-electron chi connectivity index (χ2n) is 8.72. The van der Waals surface area contributed by atoms with E-state index in [-0.39, 0.29) is 5.69 Å². The molecule has 176 valence electrons. The van der Waals surface area contributed by atoms with Crippen LogP contribution in [0.25, 0.3) is 0 Å². The van der Waals surface area contributed by atoms with E-state index < -0.39 is 4.92 Å². The van der Waals surface area contributed by atoms with Crippen LogP contribution < -0.4 is 10.1 Å². The SMILES string of the molecule is CCC(CCCC(COc1ccc([N+](=O)[O-])cc1)N1CCNCC1)c1ccc(C#N)c(C)c1. The number of hydrogen-bond acceptors (Lipinski definition) is 6. The second-order valence-corrected chi connectivity index (χ2v) is 8.72. The standard InChI is InChI=1S/C26H34N4O3/c1-3-21(22-7-8-23(18-27)20(2)17-22)5-4-6-25(29-15-13-28-14-16-29)19-33-26-11-9-24(10-12-26)30(31)32/h7-12,17,21,25,28H,3-6,13-16,19H2,1-2H3. The Labute approximate surface area is 196 Å². The molecule has 33 heavy (non-hydrogen) atoms. The van der Waals surface area contributed by atoms with E-state index in [4.69, 9.17) is 4.74 Å². The number of nitro groups is 1. The molecule has 0 radical (unpaired) electrons. The largest absolute Gasteiger partial charge is 0.492 e. The van der Waals surface area contributed by atoms with Gasteiger partial charge in [0.1, 0.15) is 12.4 Å². The number of nitrogens with zero attached hydrogens (tertiary/aromatic N) is 3. The van der Waals surface area contributed by atoms with Gasteiger partial charge >= 0.3 is 0 Å². The Kier molecular flexibility index (Phi) is 9.23. The number of nitrogens with one attached hydrogen (secondary N) is 1. The highest BCUT2D eigenvalue weighted by atomic mass is 16.6. The van der Waals surface area contributed by atoms with E-state index in [0.717, 1.165) is 63.0 Å². The van der Waals surface area contributed by atoms with Crippen LogP contribution >= 0.6 is 0 Å². The monoisotopic (exact) mass is 450 g/mol. The lowest BCUT2D eigenvalue weighted by atomic mass is 9.88. The first-order valence-electron chi connectivity index (χ1n) is 11.8. The molecule has 1 N–H and O–H groups in total. The zero-order valence-corrected chi connectivity index (χ0v) is 19.6. The van der Waals surface area contributed by atoms with Crippen LogP contribution in [0.4, 0.5) is 5.69 Å². The van der Waals surface area contributed by atoms with Crippen molar-refractivity contribution < 1.29 is 9.66 Å². The third-order valence-electron chi connectivity index (χ3n) is 6.58. The summed E-state index contributed by atoms with van der Waals surface area (Å²) in [6, 6.07) is 15.1. The molecule has 0 aromatic heterocycles. The predicted octanol–water partition coefficient (Wildman–Crippen LogP) is 4.79. The fourth-order valence-electron chi connectivity index (χ4n) is 4.55. The molecule has 2 aromatic rings. The molecular weight excluding hydrogens is 416 g/mol. The fourth-order valence-corrected chi connectivity index (χ4v) is 4.55. The predicted molar refractivity (Wildman–Crippen MR) is 130 cm³/mol. The average Bonchev–Trinajstić information content (AvgIpc) is 2.84. The van der Waals surface area contributed by atoms with E-state index in [2.05, 4.69) is 35.3 Å². The minimum Gasteiger partial charge on any atom is -0.492 e. The van der Waals surface area contributed by atoms with Crippen LogP contribution in [-0.2, 0) is 0 Å². The van der Waals surface area contributed by atoms with E-state index in [9.17, 15) is 15.4 Å². The van der Waals surface area contributed by atoms with Gasteiger partial charge in [0.25, 0.3) is 5.69 Å². The summed E-state index contributed by atoms with van der Waals surface area (Å²) in [5.41, 5.74) is 3.18. The van der Waals surface area contributed by atoms with Gasteiger partial charge in [-0.3, -0.25) is 15.0 Å². The number of hydrogen-bond donors (Lipinski definition) is 1. The highest BCUT2D eigenvalue weighted by Crippen LogP contribution is 2.28. The molecule has 7 nitrogen and oxygen atoms in total. The Bertz CT molecular complexity index is 949. The number of benzene rings is 2. The van der Waals surface area contributed by atoms with Crippen molar-refractivity contribution in [3.8, 4) is 11.8 Å². The van der Waals surface area contributed by atoms with Crippen LogP contribution in [0.3, 0.4) is 0 Å². The number of ether oxygens (including phenoxy) is 1. The number of nitro benzene ring substituents is 1. The van der Waals surface area contributed by atoms with Crippen molar-refractivity contribution in [3.05, 3.63) is 69.3 Å². The molecule has 2 atom stereocenters. The maximum atomic E-state index is 10.9. The number of piperazine rings is 1. The van der Waals surface area contributed by atoms with Crippen LogP contribution in [-0.4, -0.2) is 48.7 Å². The molecule has 7 heteroatoms. The molecule has 0 spiro atoms. The summed E-state index contributed by atoms with van der Waals surface area (Å²) < 4.78 is 6.05. The highest BCUT2D eigenvalue weighted by Gasteiger charge is 2.22. The van der Waals surface area contributed by atoms with Gasteiger partial charge in [0.15, 0.2) is 0 Å². The lowest BCUT2D eigenvalue weighted by Gasteiger charge is -2.35. The summed E-state index contributed by atoms with van der Waals surface area (Å²) in [6.45, 7) is 8.77. The molecule has 1 saturated heterocycles. The summed E-state index contributed by atoms with van der Waals surface area (Å²) in [7, 11) is 0. The number of rotatable bonds is 11. The van der Waals surface area contributed by atoms with Crippen LogP contribution in [0.5, 0.6) is 5.75 Å². The minimum atomic E-state index is -0.396. The Morgan fingerprint density at radius 2 is 1.91 bits per heavy atom. The molecule has 1 heterocycles. The molecule has 0 aliphatic carbocycles. The van der Waals surface area contributed by atoms with Crippen LogP contribution in [0.2, 0.25) is 0 Å². The quantitative estimate of drug-likeness (QED) is 0.391. The number of nitriles is 1. The molecule has 1 aliphatic heterocycles. The van der Waals surface area contributed by atoms with Crippen molar-refractivity contribution in [3.63, 3.8) is 0 Å². The average molecular weight is 451 g/mol. The van der Waals surface area contributed by atoms with Crippen molar-refractivity contribution in [2.24, 2.45) is 0 Å². The molecule has 1 fully saturated rings. The Balaban J connectivity index is 1.59.